The van der Waals surface area contributed by atoms with Crippen LogP contribution in [0.15, 0.2) is 33.5 Å². The van der Waals surface area contributed by atoms with Crippen LogP contribution in [0.25, 0.3) is 11.0 Å². The maximum atomic E-state index is 13.0. The zero-order valence-electron chi connectivity index (χ0n) is 18.6. The normalized spacial score (nSPS) is 24.6. The molecule has 6 heteroatoms. The van der Waals surface area contributed by atoms with Gasteiger partial charge in [0.1, 0.15) is 11.3 Å². The van der Waals surface area contributed by atoms with Gasteiger partial charge in [-0.05, 0) is 56.7 Å². The van der Waals surface area contributed by atoms with Crippen molar-refractivity contribution in [2.45, 2.75) is 76.9 Å². The number of carbonyl (C=O) groups excluding carboxylic acids is 1. The van der Waals surface area contributed by atoms with Crippen LogP contribution in [0.2, 0.25) is 0 Å². The number of carbonyl (C=O) groups is 1. The summed E-state index contributed by atoms with van der Waals surface area (Å²) in [5, 5.41) is 11.8. The lowest BCUT2D eigenvalue weighted by Crippen LogP contribution is -2.56. The Morgan fingerprint density at radius 2 is 2.16 bits per heavy atom. The van der Waals surface area contributed by atoms with Gasteiger partial charge in [0.2, 0.25) is 0 Å². The van der Waals surface area contributed by atoms with Crippen LogP contribution in [-0.4, -0.2) is 40.7 Å². The Morgan fingerprint density at radius 1 is 1.32 bits per heavy atom. The third-order valence-electron chi connectivity index (χ3n) is 7.00. The van der Waals surface area contributed by atoms with Crippen LogP contribution in [0, 0.1) is 5.92 Å². The molecule has 3 atom stereocenters. The van der Waals surface area contributed by atoms with E-state index in [9.17, 15) is 14.7 Å². The number of aliphatic hydroxyl groups is 1. The van der Waals surface area contributed by atoms with Crippen LogP contribution in [0.1, 0.15) is 64.4 Å². The minimum Gasteiger partial charge on any atom is -0.481 e. The van der Waals surface area contributed by atoms with Crippen LogP contribution in [-0.2, 0) is 11.2 Å². The SMILES string of the molecule is CCCCc1cc(=O)oc2cc(O[C@@H](C)C(=O)N3CC[C@@]4(O)CCCC[C@H]4C3)ccc12. The van der Waals surface area contributed by atoms with Gasteiger partial charge < -0.3 is 19.2 Å². The first-order valence-electron chi connectivity index (χ1n) is 11.6. The quantitative estimate of drug-likeness (QED) is 0.704. The van der Waals surface area contributed by atoms with Crippen molar-refractivity contribution >= 4 is 16.9 Å². The predicted molar refractivity (Wildman–Crippen MR) is 119 cm³/mol. The van der Waals surface area contributed by atoms with E-state index in [2.05, 4.69) is 6.92 Å². The molecule has 4 rings (SSSR count). The average molecular weight is 428 g/mol. The summed E-state index contributed by atoms with van der Waals surface area (Å²) >= 11 is 0. The molecular formula is C25H33NO5. The van der Waals surface area contributed by atoms with Crippen LogP contribution in [0.4, 0.5) is 0 Å². The van der Waals surface area contributed by atoms with E-state index in [0.29, 0.717) is 30.8 Å². The number of piperidine rings is 1. The Balaban J connectivity index is 1.46. The minimum absolute atomic E-state index is 0.0640. The number of aryl methyl sites for hydroxylation is 1. The third kappa shape index (κ3) is 4.64. The molecule has 168 valence electrons. The van der Waals surface area contributed by atoms with E-state index >= 15 is 0 Å². The zero-order valence-corrected chi connectivity index (χ0v) is 18.6. The largest absolute Gasteiger partial charge is 0.481 e. The first-order chi connectivity index (χ1) is 14.9. The summed E-state index contributed by atoms with van der Waals surface area (Å²) in [5.74, 6) is 0.601. The first kappa shape index (κ1) is 21.9. The van der Waals surface area contributed by atoms with Gasteiger partial charge in [-0.15, -0.1) is 0 Å². The van der Waals surface area contributed by atoms with Crippen molar-refractivity contribution in [2.24, 2.45) is 5.92 Å². The van der Waals surface area contributed by atoms with E-state index in [-0.39, 0.29) is 17.5 Å². The summed E-state index contributed by atoms with van der Waals surface area (Å²) in [6.45, 7) is 5.03. The molecular weight excluding hydrogens is 394 g/mol. The van der Waals surface area contributed by atoms with E-state index < -0.39 is 11.7 Å². The molecule has 1 aromatic carbocycles. The second-order valence-corrected chi connectivity index (χ2v) is 9.19. The molecule has 0 spiro atoms. The number of amides is 1. The highest BCUT2D eigenvalue weighted by molar-refractivity contribution is 5.83. The fourth-order valence-corrected chi connectivity index (χ4v) is 5.14. The van der Waals surface area contributed by atoms with E-state index in [1.54, 1.807) is 19.1 Å². The highest BCUT2D eigenvalue weighted by atomic mass is 16.5. The van der Waals surface area contributed by atoms with Gasteiger partial charge in [-0.3, -0.25) is 4.79 Å². The molecule has 6 nitrogen and oxygen atoms in total. The molecule has 1 amide bonds. The summed E-state index contributed by atoms with van der Waals surface area (Å²) in [6.07, 6.45) is 6.87. The van der Waals surface area contributed by atoms with Gasteiger partial charge in [0.05, 0.1) is 5.60 Å². The van der Waals surface area contributed by atoms with Gasteiger partial charge in [0, 0.05) is 36.5 Å². The monoisotopic (exact) mass is 427 g/mol. The summed E-state index contributed by atoms with van der Waals surface area (Å²) < 4.78 is 11.3. The summed E-state index contributed by atoms with van der Waals surface area (Å²) in [7, 11) is 0. The Kier molecular flexibility index (Phi) is 6.37. The third-order valence-corrected chi connectivity index (χ3v) is 7.00. The van der Waals surface area contributed by atoms with E-state index in [1.807, 2.05) is 17.0 Å². The maximum Gasteiger partial charge on any atom is 0.336 e. The number of hydrogen-bond donors (Lipinski definition) is 1. The number of unbranched alkanes of at least 4 members (excludes halogenated alkanes) is 1. The summed E-state index contributed by atoms with van der Waals surface area (Å²) in [6, 6.07) is 7.00. The highest BCUT2D eigenvalue weighted by Gasteiger charge is 2.44. The molecule has 0 radical (unpaired) electrons. The van der Waals surface area contributed by atoms with Crippen molar-refractivity contribution in [3.05, 3.63) is 40.2 Å². The van der Waals surface area contributed by atoms with Crippen molar-refractivity contribution in [1.29, 1.82) is 0 Å². The van der Waals surface area contributed by atoms with Crippen molar-refractivity contribution in [2.75, 3.05) is 13.1 Å². The van der Waals surface area contributed by atoms with Crippen LogP contribution >= 0.6 is 0 Å². The van der Waals surface area contributed by atoms with Crippen LogP contribution in [0.3, 0.4) is 0 Å². The van der Waals surface area contributed by atoms with Gasteiger partial charge in [-0.1, -0.05) is 26.2 Å². The van der Waals surface area contributed by atoms with Crippen LogP contribution in [0.5, 0.6) is 5.75 Å². The molecule has 31 heavy (non-hydrogen) atoms. The van der Waals surface area contributed by atoms with E-state index in [0.717, 1.165) is 55.9 Å². The lowest BCUT2D eigenvalue weighted by atomic mass is 9.71. The molecule has 2 aromatic rings. The topological polar surface area (TPSA) is 80.0 Å². The van der Waals surface area contributed by atoms with Gasteiger partial charge >= 0.3 is 5.63 Å². The minimum atomic E-state index is -0.651. The Bertz CT molecular complexity index is 999. The van der Waals surface area contributed by atoms with Gasteiger partial charge in [0.25, 0.3) is 5.91 Å². The molecule has 1 saturated heterocycles. The fourth-order valence-electron chi connectivity index (χ4n) is 5.14. The van der Waals surface area contributed by atoms with Gasteiger partial charge in [-0.2, -0.15) is 0 Å². The van der Waals surface area contributed by atoms with Gasteiger partial charge in [0.15, 0.2) is 6.10 Å². The zero-order chi connectivity index (χ0) is 22.0. The average Bonchev–Trinajstić information content (AvgIpc) is 2.75. The highest BCUT2D eigenvalue weighted by Crippen LogP contribution is 2.40. The predicted octanol–water partition coefficient (Wildman–Crippen LogP) is 4.06. The second-order valence-electron chi connectivity index (χ2n) is 9.19. The molecule has 2 heterocycles. The molecule has 1 saturated carbocycles. The molecule has 2 fully saturated rings. The molecule has 1 aliphatic heterocycles. The molecule has 0 bridgehead atoms. The fraction of sp³-hybridized carbons (Fsp3) is 0.600. The number of nitrogens with zero attached hydrogens (tertiary/aromatic N) is 1. The Morgan fingerprint density at radius 3 is 2.97 bits per heavy atom. The molecule has 2 aliphatic rings. The van der Waals surface area contributed by atoms with Crippen LogP contribution < -0.4 is 10.4 Å². The number of likely N-dealkylation sites (tertiary alicyclic amines) is 1. The smallest absolute Gasteiger partial charge is 0.336 e. The van der Waals surface area contributed by atoms with Crippen molar-refractivity contribution < 1.29 is 19.1 Å². The lowest BCUT2D eigenvalue weighted by molar-refractivity contribution is -0.149. The van der Waals surface area contributed by atoms with Crippen molar-refractivity contribution in [1.82, 2.24) is 4.90 Å². The second kappa shape index (κ2) is 9.03. The first-order valence-corrected chi connectivity index (χ1v) is 11.6. The standard InChI is InChI=1S/C25H33NO5/c1-3-4-7-18-14-23(27)31-22-15-20(9-10-21(18)22)30-17(2)24(28)26-13-12-25(29)11-6-5-8-19(25)16-26/h9-10,14-15,17,19,29H,3-8,11-13,16H2,1-2H3/t17-,19-,25-/m0/s1. The van der Waals surface area contributed by atoms with Crippen molar-refractivity contribution in [3.63, 3.8) is 0 Å². The molecule has 1 aliphatic carbocycles. The maximum absolute atomic E-state index is 13.0. The number of fused-ring (bicyclic) bond motifs is 2. The number of hydrogen-bond acceptors (Lipinski definition) is 5. The lowest BCUT2D eigenvalue weighted by Gasteiger charge is -2.47. The number of ether oxygens (including phenoxy) is 1. The van der Waals surface area contributed by atoms with Gasteiger partial charge in [-0.25, -0.2) is 4.79 Å². The van der Waals surface area contributed by atoms with Crippen molar-refractivity contribution in [3.8, 4) is 5.75 Å². The van der Waals surface area contributed by atoms with E-state index in [4.69, 9.17) is 9.15 Å². The molecule has 0 unspecified atom stereocenters. The van der Waals surface area contributed by atoms with E-state index in [1.165, 1.54) is 0 Å². The molecule has 1 N–H and O–H groups in total. The summed E-state index contributed by atoms with van der Waals surface area (Å²) in [4.78, 5) is 26.8. The Labute approximate surface area is 183 Å². The Hall–Kier alpha value is -2.34. The number of benzene rings is 1. The summed E-state index contributed by atoms with van der Waals surface area (Å²) in [5.41, 5.74) is 0.496. The molecule has 1 aromatic heterocycles. The number of rotatable bonds is 6.